The number of nitrogens with zero attached hydrogens (tertiary/aromatic N) is 2. The molecule has 1 rings (SSSR count). The standard InChI is InChI=1S/C20H36N4O2/c1-16-8-9-17(18(12-16)26-11-10-25-7)13-22-19(21-4)23-14-20(2,3)15-24(5)6/h8-9,12H,10-11,13-15H2,1-7H3,(H2,21,22,23). The Morgan fingerprint density at radius 3 is 2.54 bits per heavy atom. The zero-order valence-electron chi connectivity index (χ0n) is 17.5. The number of guanidine groups is 1. The van der Waals surface area contributed by atoms with E-state index in [1.165, 1.54) is 5.56 Å². The quantitative estimate of drug-likeness (QED) is 0.379. The third-order valence-corrected chi connectivity index (χ3v) is 3.92. The number of benzene rings is 1. The Kier molecular flexibility index (Phi) is 9.44. The first-order valence-electron chi connectivity index (χ1n) is 9.08. The third kappa shape index (κ3) is 8.54. The average molecular weight is 365 g/mol. The van der Waals surface area contributed by atoms with Crippen molar-refractivity contribution in [1.29, 1.82) is 0 Å². The highest BCUT2D eigenvalue weighted by molar-refractivity contribution is 5.79. The van der Waals surface area contributed by atoms with E-state index >= 15 is 0 Å². The number of hydrogen-bond donors (Lipinski definition) is 2. The first-order chi connectivity index (χ1) is 12.3. The minimum Gasteiger partial charge on any atom is -0.491 e. The highest BCUT2D eigenvalue weighted by Crippen LogP contribution is 2.20. The fourth-order valence-electron chi connectivity index (χ4n) is 2.81. The average Bonchev–Trinajstić information content (AvgIpc) is 2.55. The fourth-order valence-corrected chi connectivity index (χ4v) is 2.81. The van der Waals surface area contributed by atoms with Crippen molar-refractivity contribution >= 4 is 5.96 Å². The largest absolute Gasteiger partial charge is 0.491 e. The third-order valence-electron chi connectivity index (χ3n) is 3.92. The number of aryl methyl sites for hydroxylation is 1. The number of nitrogens with one attached hydrogen (secondary N) is 2. The predicted molar refractivity (Wildman–Crippen MR) is 109 cm³/mol. The Hall–Kier alpha value is -1.79. The summed E-state index contributed by atoms with van der Waals surface area (Å²) in [5.41, 5.74) is 2.43. The number of hydrogen-bond acceptors (Lipinski definition) is 4. The van der Waals surface area contributed by atoms with Crippen molar-refractivity contribution in [3.05, 3.63) is 29.3 Å². The van der Waals surface area contributed by atoms with Gasteiger partial charge in [0.1, 0.15) is 12.4 Å². The van der Waals surface area contributed by atoms with Gasteiger partial charge in [-0.1, -0.05) is 26.0 Å². The van der Waals surface area contributed by atoms with Gasteiger partial charge in [0.25, 0.3) is 0 Å². The molecule has 0 aliphatic rings. The van der Waals surface area contributed by atoms with Gasteiger partial charge in [-0.2, -0.15) is 0 Å². The van der Waals surface area contributed by atoms with Gasteiger partial charge in [-0.25, -0.2) is 0 Å². The van der Waals surface area contributed by atoms with Gasteiger partial charge in [0.2, 0.25) is 0 Å². The number of aliphatic imine (C=N–C) groups is 1. The summed E-state index contributed by atoms with van der Waals surface area (Å²) in [6.45, 7) is 10.2. The Labute approximate surface area is 159 Å². The lowest BCUT2D eigenvalue weighted by molar-refractivity contribution is 0.145. The van der Waals surface area contributed by atoms with Crippen LogP contribution in [0.25, 0.3) is 0 Å². The lowest BCUT2D eigenvalue weighted by Crippen LogP contribution is -2.44. The molecule has 0 unspecified atom stereocenters. The highest BCUT2D eigenvalue weighted by Gasteiger charge is 2.19. The van der Waals surface area contributed by atoms with Crippen LogP contribution in [0.3, 0.4) is 0 Å². The molecule has 0 spiro atoms. The summed E-state index contributed by atoms with van der Waals surface area (Å²) in [6.07, 6.45) is 0. The van der Waals surface area contributed by atoms with Crippen LogP contribution in [0.5, 0.6) is 5.75 Å². The zero-order chi connectivity index (χ0) is 19.6. The van der Waals surface area contributed by atoms with E-state index in [2.05, 4.69) is 73.6 Å². The summed E-state index contributed by atoms with van der Waals surface area (Å²) in [4.78, 5) is 6.53. The number of methoxy groups -OCH3 is 1. The maximum Gasteiger partial charge on any atom is 0.191 e. The summed E-state index contributed by atoms with van der Waals surface area (Å²) in [5, 5.41) is 6.80. The summed E-state index contributed by atoms with van der Waals surface area (Å²) < 4.78 is 10.9. The zero-order valence-corrected chi connectivity index (χ0v) is 17.5. The molecule has 0 fully saturated rings. The molecule has 0 atom stereocenters. The minimum atomic E-state index is 0.152. The van der Waals surface area contributed by atoms with Crippen LogP contribution in [0.4, 0.5) is 0 Å². The van der Waals surface area contributed by atoms with Gasteiger partial charge in [-0.15, -0.1) is 0 Å². The molecule has 0 aliphatic heterocycles. The first-order valence-corrected chi connectivity index (χ1v) is 9.08. The van der Waals surface area contributed by atoms with Crippen LogP contribution in [0.15, 0.2) is 23.2 Å². The number of ether oxygens (including phenoxy) is 2. The summed E-state index contributed by atoms with van der Waals surface area (Å²) in [7, 11) is 7.66. The molecule has 6 nitrogen and oxygen atoms in total. The maximum absolute atomic E-state index is 5.85. The Balaban J connectivity index is 2.63. The summed E-state index contributed by atoms with van der Waals surface area (Å²) in [6, 6.07) is 6.24. The second-order valence-corrected chi connectivity index (χ2v) is 7.63. The van der Waals surface area contributed by atoms with Gasteiger partial charge in [0.15, 0.2) is 5.96 Å². The van der Waals surface area contributed by atoms with Gasteiger partial charge in [0.05, 0.1) is 6.61 Å². The van der Waals surface area contributed by atoms with Gasteiger partial charge in [0, 0.05) is 39.4 Å². The smallest absolute Gasteiger partial charge is 0.191 e. The Morgan fingerprint density at radius 2 is 1.92 bits per heavy atom. The monoisotopic (exact) mass is 364 g/mol. The Bertz CT molecular complexity index is 571. The molecule has 0 aliphatic carbocycles. The van der Waals surface area contributed by atoms with Crippen molar-refractivity contribution < 1.29 is 9.47 Å². The minimum absolute atomic E-state index is 0.152. The van der Waals surface area contributed by atoms with E-state index in [9.17, 15) is 0 Å². The fraction of sp³-hybridized carbons (Fsp3) is 0.650. The molecule has 2 N–H and O–H groups in total. The van der Waals surface area contributed by atoms with Crippen molar-refractivity contribution in [3.63, 3.8) is 0 Å². The van der Waals surface area contributed by atoms with E-state index in [-0.39, 0.29) is 5.41 Å². The Morgan fingerprint density at radius 1 is 1.19 bits per heavy atom. The van der Waals surface area contributed by atoms with Gasteiger partial charge < -0.3 is 25.0 Å². The SMILES string of the molecule is CN=C(NCc1ccc(C)cc1OCCOC)NCC(C)(C)CN(C)C. The van der Waals surface area contributed by atoms with Gasteiger partial charge in [-0.05, 0) is 38.1 Å². The maximum atomic E-state index is 5.85. The van der Waals surface area contributed by atoms with Crippen molar-refractivity contribution in [2.24, 2.45) is 10.4 Å². The van der Waals surface area contributed by atoms with Crippen molar-refractivity contribution in [2.75, 3.05) is 54.6 Å². The molecule has 1 aromatic carbocycles. The van der Waals surface area contributed by atoms with Gasteiger partial charge in [-0.3, -0.25) is 4.99 Å². The molecule has 0 saturated carbocycles. The summed E-state index contributed by atoms with van der Waals surface area (Å²) >= 11 is 0. The molecule has 0 saturated heterocycles. The van der Waals surface area contributed by atoms with Crippen LogP contribution in [-0.2, 0) is 11.3 Å². The predicted octanol–water partition coefficient (Wildman–Crippen LogP) is 2.27. The van der Waals surface area contributed by atoms with Crippen LogP contribution in [0.2, 0.25) is 0 Å². The molecular weight excluding hydrogens is 328 g/mol. The molecule has 0 heterocycles. The van der Waals surface area contributed by atoms with E-state index < -0.39 is 0 Å². The van der Waals surface area contributed by atoms with E-state index in [0.717, 1.165) is 30.4 Å². The lowest BCUT2D eigenvalue weighted by atomic mass is 9.93. The molecule has 6 heteroatoms. The van der Waals surface area contributed by atoms with Crippen molar-refractivity contribution in [2.45, 2.75) is 27.3 Å². The van der Waals surface area contributed by atoms with E-state index in [4.69, 9.17) is 9.47 Å². The molecule has 1 aromatic rings. The second kappa shape index (κ2) is 11.0. The van der Waals surface area contributed by atoms with Crippen LogP contribution < -0.4 is 15.4 Å². The molecule has 0 radical (unpaired) electrons. The second-order valence-electron chi connectivity index (χ2n) is 7.63. The topological polar surface area (TPSA) is 58.1 Å². The van der Waals surface area contributed by atoms with E-state index in [0.29, 0.717) is 19.8 Å². The molecule has 0 aromatic heterocycles. The van der Waals surface area contributed by atoms with Crippen LogP contribution in [0.1, 0.15) is 25.0 Å². The first kappa shape index (κ1) is 22.3. The van der Waals surface area contributed by atoms with Crippen LogP contribution in [-0.4, -0.2) is 65.4 Å². The van der Waals surface area contributed by atoms with Crippen molar-refractivity contribution in [3.8, 4) is 5.75 Å². The van der Waals surface area contributed by atoms with E-state index in [1.54, 1.807) is 14.2 Å². The van der Waals surface area contributed by atoms with Crippen LogP contribution >= 0.6 is 0 Å². The normalized spacial score (nSPS) is 12.4. The van der Waals surface area contributed by atoms with Gasteiger partial charge >= 0.3 is 0 Å². The molecular formula is C20H36N4O2. The molecule has 0 amide bonds. The lowest BCUT2D eigenvalue weighted by Gasteiger charge is -2.29. The van der Waals surface area contributed by atoms with Crippen molar-refractivity contribution in [1.82, 2.24) is 15.5 Å². The van der Waals surface area contributed by atoms with Crippen LogP contribution in [0, 0.1) is 12.3 Å². The molecule has 148 valence electrons. The van der Waals surface area contributed by atoms with E-state index in [1.807, 2.05) is 0 Å². The summed E-state index contributed by atoms with van der Waals surface area (Å²) in [5.74, 6) is 1.68. The number of rotatable bonds is 10. The molecule has 0 bridgehead atoms. The molecule has 26 heavy (non-hydrogen) atoms. The highest BCUT2D eigenvalue weighted by atomic mass is 16.5.